The first-order valence-electron chi connectivity index (χ1n) is 6.06. The van der Waals surface area contributed by atoms with Crippen molar-refractivity contribution in [2.75, 3.05) is 6.54 Å². The molecule has 1 aromatic rings. The number of hydrogen-bond donors (Lipinski definition) is 0. The molecule has 1 fully saturated rings. The highest BCUT2D eigenvalue weighted by Gasteiger charge is 2.33. The van der Waals surface area contributed by atoms with Crippen molar-refractivity contribution in [3.8, 4) is 12.3 Å². The van der Waals surface area contributed by atoms with Crippen LogP contribution in [0.15, 0.2) is 30.3 Å². The zero-order chi connectivity index (χ0) is 12.3. The van der Waals surface area contributed by atoms with Gasteiger partial charge in [0.1, 0.15) is 0 Å². The largest absolute Gasteiger partial charge is 0.334 e. The van der Waals surface area contributed by atoms with E-state index in [0.717, 1.165) is 6.42 Å². The number of rotatable bonds is 3. The molecular weight excluding hydrogens is 210 g/mol. The monoisotopic (exact) mass is 227 g/mol. The van der Waals surface area contributed by atoms with Gasteiger partial charge in [0.2, 0.25) is 5.91 Å². The number of amides is 1. The molecule has 1 saturated heterocycles. The summed E-state index contributed by atoms with van der Waals surface area (Å²) in [7, 11) is 0. The Morgan fingerprint density at radius 2 is 2.18 bits per heavy atom. The second-order valence-electron chi connectivity index (χ2n) is 4.45. The summed E-state index contributed by atoms with van der Waals surface area (Å²) < 4.78 is 0. The van der Waals surface area contributed by atoms with Gasteiger partial charge in [-0.3, -0.25) is 4.79 Å². The first-order valence-corrected chi connectivity index (χ1v) is 6.06. The molecule has 0 radical (unpaired) electrons. The fourth-order valence-corrected chi connectivity index (χ4v) is 2.46. The van der Waals surface area contributed by atoms with Gasteiger partial charge in [-0.05, 0) is 12.0 Å². The second kappa shape index (κ2) is 5.05. The quantitative estimate of drug-likeness (QED) is 0.727. The van der Waals surface area contributed by atoms with Crippen molar-refractivity contribution in [1.29, 1.82) is 0 Å². The van der Waals surface area contributed by atoms with E-state index in [-0.39, 0.29) is 17.9 Å². The molecule has 88 valence electrons. The average molecular weight is 227 g/mol. The van der Waals surface area contributed by atoms with Crippen LogP contribution in [0.3, 0.4) is 0 Å². The average Bonchev–Trinajstić information content (AvgIpc) is 2.73. The molecule has 1 aliphatic heterocycles. The lowest BCUT2D eigenvalue weighted by atomic mass is 10.0. The summed E-state index contributed by atoms with van der Waals surface area (Å²) >= 11 is 0. The number of carbonyl (C=O) groups is 1. The number of likely N-dealkylation sites (tertiary alicyclic amines) is 1. The van der Waals surface area contributed by atoms with Crippen LogP contribution in [-0.4, -0.2) is 17.4 Å². The fourth-order valence-electron chi connectivity index (χ4n) is 2.46. The van der Waals surface area contributed by atoms with Crippen LogP contribution in [0.25, 0.3) is 0 Å². The summed E-state index contributed by atoms with van der Waals surface area (Å²) in [6.45, 7) is 2.80. The van der Waals surface area contributed by atoms with E-state index in [1.54, 1.807) is 0 Å². The van der Waals surface area contributed by atoms with E-state index in [4.69, 9.17) is 6.42 Å². The molecule has 1 amide bonds. The van der Waals surface area contributed by atoms with Gasteiger partial charge in [-0.15, -0.1) is 12.3 Å². The van der Waals surface area contributed by atoms with Crippen LogP contribution in [0.2, 0.25) is 0 Å². The summed E-state index contributed by atoms with van der Waals surface area (Å²) in [5.74, 6) is 2.96. The molecule has 2 unspecified atom stereocenters. The molecule has 0 aromatic heterocycles. The number of benzene rings is 1. The van der Waals surface area contributed by atoms with Gasteiger partial charge in [-0.2, -0.15) is 0 Å². The van der Waals surface area contributed by atoms with Crippen molar-refractivity contribution < 1.29 is 4.79 Å². The number of nitrogens with zero attached hydrogens (tertiary/aromatic N) is 1. The standard InChI is InChI=1S/C15H17NO/c1-3-12-10-15(17)16(11-12)14(4-2)13-8-6-5-7-9-13/h1,5-9,12,14H,4,10-11H2,2H3. The number of terminal acetylenes is 1. The number of hydrogen-bond acceptors (Lipinski definition) is 1. The van der Waals surface area contributed by atoms with Crippen molar-refractivity contribution >= 4 is 5.91 Å². The first-order chi connectivity index (χ1) is 8.26. The maximum Gasteiger partial charge on any atom is 0.224 e. The van der Waals surface area contributed by atoms with Crippen LogP contribution < -0.4 is 0 Å². The second-order valence-corrected chi connectivity index (χ2v) is 4.45. The molecule has 0 N–H and O–H groups in total. The van der Waals surface area contributed by atoms with Crippen LogP contribution in [-0.2, 0) is 4.79 Å². The lowest BCUT2D eigenvalue weighted by Gasteiger charge is -2.27. The van der Waals surface area contributed by atoms with E-state index in [1.807, 2.05) is 23.1 Å². The van der Waals surface area contributed by atoms with Gasteiger partial charge in [0, 0.05) is 18.9 Å². The van der Waals surface area contributed by atoms with Crippen LogP contribution in [0.5, 0.6) is 0 Å². The molecule has 2 heteroatoms. The van der Waals surface area contributed by atoms with E-state index >= 15 is 0 Å². The highest BCUT2D eigenvalue weighted by Crippen LogP contribution is 2.30. The molecule has 1 aliphatic rings. The molecule has 0 aliphatic carbocycles. The summed E-state index contributed by atoms with van der Waals surface area (Å²) in [6.07, 6.45) is 6.83. The Hall–Kier alpha value is -1.75. The summed E-state index contributed by atoms with van der Waals surface area (Å²) in [6, 6.07) is 10.3. The van der Waals surface area contributed by atoms with Gasteiger partial charge >= 0.3 is 0 Å². The Balaban J connectivity index is 2.21. The Bertz CT molecular complexity index is 432. The van der Waals surface area contributed by atoms with Crippen molar-refractivity contribution in [2.45, 2.75) is 25.8 Å². The lowest BCUT2D eigenvalue weighted by molar-refractivity contribution is -0.129. The molecule has 1 heterocycles. The Kier molecular flexibility index (Phi) is 3.49. The summed E-state index contributed by atoms with van der Waals surface area (Å²) in [5, 5.41) is 0. The lowest BCUT2D eigenvalue weighted by Crippen LogP contribution is -2.29. The van der Waals surface area contributed by atoms with Gasteiger partial charge in [-0.25, -0.2) is 0 Å². The third kappa shape index (κ3) is 2.34. The minimum absolute atomic E-state index is 0.0836. The molecule has 0 saturated carbocycles. The van der Waals surface area contributed by atoms with E-state index in [2.05, 4.69) is 25.0 Å². The highest BCUT2D eigenvalue weighted by molar-refractivity contribution is 5.79. The minimum atomic E-state index is 0.0836. The topological polar surface area (TPSA) is 20.3 Å². The maximum atomic E-state index is 11.9. The van der Waals surface area contributed by atoms with Gasteiger partial charge in [0.05, 0.1) is 6.04 Å². The van der Waals surface area contributed by atoms with E-state index < -0.39 is 0 Å². The highest BCUT2D eigenvalue weighted by atomic mass is 16.2. The zero-order valence-electron chi connectivity index (χ0n) is 10.1. The van der Waals surface area contributed by atoms with Crippen LogP contribution in [0, 0.1) is 18.3 Å². The first kappa shape index (κ1) is 11.7. The third-order valence-electron chi connectivity index (χ3n) is 3.34. The minimum Gasteiger partial charge on any atom is -0.334 e. The van der Waals surface area contributed by atoms with Gasteiger partial charge < -0.3 is 4.90 Å². The van der Waals surface area contributed by atoms with Gasteiger partial charge in [0.15, 0.2) is 0 Å². The van der Waals surface area contributed by atoms with Crippen molar-refractivity contribution in [2.24, 2.45) is 5.92 Å². The smallest absolute Gasteiger partial charge is 0.224 e. The SMILES string of the molecule is C#CC1CC(=O)N(C(CC)c2ccccc2)C1. The molecule has 2 rings (SSSR count). The molecule has 0 spiro atoms. The van der Waals surface area contributed by atoms with E-state index in [0.29, 0.717) is 13.0 Å². The summed E-state index contributed by atoms with van der Waals surface area (Å²) in [4.78, 5) is 13.9. The van der Waals surface area contributed by atoms with Gasteiger partial charge in [-0.1, -0.05) is 37.3 Å². The maximum absolute atomic E-state index is 11.9. The summed E-state index contributed by atoms with van der Waals surface area (Å²) in [5.41, 5.74) is 1.20. The molecule has 17 heavy (non-hydrogen) atoms. The predicted molar refractivity (Wildman–Crippen MR) is 68.1 cm³/mol. The normalized spacial score (nSPS) is 21.3. The Morgan fingerprint density at radius 3 is 2.71 bits per heavy atom. The van der Waals surface area contributed by atoms with Crippen LogP contribution >= 0.6 is 0 Å². The zero-order valence-corrected chi connectivity index (χ0v) is 10.1. The van der Waals surface area contributed by atoms with Gasteiger partial charge in [0.25, 0.3) is 0 Å². The van der Waals surface area contributed by atoms with Crippen molar-refractivity contribution in [3.05, 3.63) is 35.9 Å². The third-order valence-corrected chi connectivity index (χ3v) is 3.34. The Labute approximate surface area is 103 Å². The van der Waals surface area contributed by atoms with Crippen LogP contribution in [0.1, 0.15) is 31.4 Å². The van der Waals surface area contributed by atoms with E-state index in [9.17, 15) is 4.79 Å². The number of carbonyl (C=O) groups excluding carboxylic acids is 1. The Morgan fingerprint density at radius 1 is 1.47 bits per heavy atom. The fraction of sp³-hybridized carbons (Fsp3) is 0.400. The predicted octanol–water partition coefficient (Wildman–Crippen LogP) is 2.62. The van der Waals surface area contributed by atoms with Crippen molar-refractivity contribution in [1.82, 2.24) is 4.90 Å². The molecule has 0 bridgehead atoms. The van der Waals surface area contributed by atoms with E-state index in [1.165, 1.54) is 5.56 Å². The van der Waals surface area contributed by atoms with Crippen LogP contribution in [0.4, 0.5) is 0 Å². The molecular formula is C15H17NO. The molecule has 2 atom stereocenters. The van der Waals surface area contributed by atoms with Crippen molar-refractivity contribution in [3.63, 3.8) is 0 Å². The molecule has 2 nitrogen and oxygen atoms in total. The molecule has 1 aromatic carbocycles.